The van der Waals surface area contributed by atoms with Crippen LogP contribution >= 0.6 is 0 Å². The van der Waals surface area contributed by atoms with Gasteiger partial charge in [0.1, 0.15) is 0 Å². The first-order chi connectivity index (χ1) is 19.5. The van der Waals surface area contributed by atoms with Crippen molar-refractivity contribution >= 4 is 11.9 Å². The molecular formula is C36H66O4Zr. The molecule has 0 heterocycles. The molecule has 0 atom stereocenters. The van der Waals surface area contributed by atoms with Crippen LogP contribution in [0.5, 0.6) is 0 Å². The van der Waals surface area contributed by atoms with Gasteiger partial charge in [-0.2, -0.15) is 0 Å². The van der Waals surface area contributed by atoms with Crippen molar-refractivity contribution in [1.82, 2.24) is 0 Å². The third kappa shape index (κ3) is 49.3. The van der Waals surface area contributed by atoms with Crippen molar-refractivity contribution in [2.75, 3.05) is 0 Å². The van der Waals surface area contributed by atoms with E-state index in [0.717, 1.165) is 38.5 Å². The van der Waals surface area contributed by atoms with E-state index in [2.05, 4.69) is 38.2 Å². The van der Waals surface area contributed by atoms with E-state index in [-0.39, 0.29) is 39.0 Å². The summed E-state index contributed by atoms with van der Waals surface area (Å²) >= 11 is 0. The molecule has 0 unspecified atom stereocenters. The maximum absolute atomic E-state index is 10.2. The molecule has 238 valence electrons. The molecule has 0 aromatic carbocycles. The molecule has 0 saturated heterocycles. The number of aliphatic carboxylic acids is 2. The van der Waals surface area contributed by atoms with Crippen LogP contribution in [0.2, 0.25) is 0 Å². The number of unbranched alkanes of at least 4 members (excludes halogenated alkanes) is 22. The van der Waals surface area contributed by atoms with Gasteiger partial charge >= 0.3 is 26.2 Å². The van der Waals surface area contributed by atoms with Crippen LogP contribution in [0, 0.1) is 0 Å². The number of carbonyl (C=O) groups is 2. The molecule has 0 bridgehead atoms. The topological polar surface area (TPSA) is 80.3 Å². The maximum atomic E-state index is 10.2. The molecule has 0 fully saturated rings. The van der Waals surface area contributed by atoms with E-state index in [1.54, 1.807) is 0 Å². The zero-order valence-electron chi connectivity index (χ0n) is 27.2. The fourth-order valence-corrected chi connectivity index (χ4v) is 4.68. The minimum Gasteiger partial charge on any atom is -0.550 e. The van der Waals surface area contributed by atoms with Gasteiger partial charge in [0.25, 0.3) is 0 Å². The Morgan fingerprint density at radius 1 is 0.390 bits per heavy atom. The molecule has 0 saturated carbocycles. The fourth-order valence-electron chi connectivity index (χ4n) is 4.68. The van der Waals surface area contributed by atoms with E-state index in [4.69, 9.17) is 0 Å². The molecule has 0 aliphatic rings. The predicted molar refractivity (Wildman–Crippen MR) is 169 cm³/mol. The first-order valence-corrected chi connectivity index (χ1v) is 17.2. The van der Waals surface area contributed by atoms with Crippen molar-refractivity contribution in [3.05, 3.63) is 24.3 Å². The summed E-state index contributed by atoms with van der Waals surface area (Å²) in [6.07, 6.45) is 41.8. The molecule has 0 N–H and O–H groups in total. The van der Waals surface area contributed by atoms with Crippen molar-refractivity contribution in [2.45, 2.75) is 194 Å². The van der Waals surface area contributed by atoms with Gasteiger partial charge in [0.2, 0.25) is 0 Å². The Kier molecular flexibility index (Phi) is 45.2. The Morgan fingerprint density at radius 2 is 0.610 bits per heavy atom. The van der Waals surface area contributed by atoms with Crippen LogP contribution in [0.1, 0.15) is 194 Å². The number of carboxylic acid groups (broad SMARTS) is 2. The molecule has 0 rings (SSSR count). The third-order valence-electron chi connectivity index (χ3n) is 7.29. The van der Waals surface area contributed by atoms with Crippen molar-refractivity contribution in [1.29, 1.82) is 0 Å². The molecule has 5 heteroatoms. The van der Waals surface area contributed by atoms with E-state index in [9.17, 15) is 19.8 Å². The van der Waals surface area contributed by atoms with Gasteiger partial charge in [0.15, 0.2) is 0 Å². The van der Waals surface area contributed by atoms with Gasteiger partial charge in [-0.1, -0.05) is 141 Å². The van der Waals surface area contributed by atoms with E-state index in [1.165, 1.54) is 128 Å². The average Bonchev–Trinajstić information content (AvgIpc) is 2.93. The average molecular weight is 654 g/mol. The minimum atomic E-state index is -0.914. The van der Waals surface area contributed by atoms with Crippen LogP contribution < -0.4 is 10.2 Å². The summed E-state index contributed by atoms with van der Waals surface area (Å²) in [7, 11) is 0. The second kappa shape index (κ2) is 41.4. The minimum absolute atomic E-state index is 0. The largest absolute Gasteiger partial charge is 2.00 e. The number of rotatable bonds is 30. The summed E-state index contributed by atoms with van der Waals surface area (Å²) < 4.78 is 0. The zero-order chi connectivity index (χ0) is 29.8. The Balaban J connectivity index is -0.000000688. The maximum Gasteiger partial charge on any atom is 2.00 e. The Labute approximate surface area is 274 Å². The Hall–Kier alpha value is -0.697. The molecule has 0 aromatic heterocycles. The van der Waals surface area contributed by atoms with Gasteiger partial charge in [-0.05, 0) is 77.0 Å². The quantitative estimate of drug-likeness (QED) is 0.0571. The van der Waals surface area contributed by atoms with Gasteiger partial charge in [-0.15, -0.1) is 0 Å². The number of carbonyl (C=O) groups excluding carboxylic acids is 2. The standard InChI is InChI=1S/2C18H34O2.Zr/c2*1-2-3-4-5-6-7-8-9-10-11-12-13-14-15-16-17-18(19)20;/h2*9-10H,2-8,11-17H2,1H3,(H,19,20);/q;;+2/p-2/b10-9+;10-9-;. The Bertz CT molecular complexity index is 524. The summed E-state index contributed by atoms with van der Waals surface area (Å²) in [4.78, 5) is 20.4. The Morgan fingerprint density at radius 3 is 0.854 bits per heavy atom. The molecule has 41 heavy (non-hydrogen) atoms. The van der Waals surface area contributed by atoms with E-state index in [1.807, 2.05) is 0 Å². The second-order valence-corrected chi connectivity index (χ2v) is 11.4. The monoisotopic (exact) mass is 652 g/mol. The molecule has 0 radical (unpaired) electrons. The first-order valence-electron chi connectivity index (χ1n) is 17.2. The molecule has 0 aliphatic heterocycles. The molecular weight excluding hydrogens is 588 g/mol. The van der Waals surface area contributed by atoms with E-state index >= 15 is 0 Å². The van der Waals surface area contributed by atoms with Gasteiger partial charge in [0, 0.05) is 11.9 Å². The van der Waals surface area contributed by atoms with Crippen LogP contribution in [-0.4, -0.2) is 11.9 Å². The van der Waals surface area contributed by atoms with Crippen LogP contribution in [-0.2, 0) is 35.8 Å². The molecule has 0 amide bonds. The summed E-state index contributed by atoms with van der Waals surface area (Å²) in [5.41, 5.74) is 0. The molecule has 0 spiro atoms. The predicted octanol–water partition coefficient (Wildman–Crippen LogP) is 9.55. The third-order valence-corrected chi connectivity index (χ3v) is 7.29. The van der Waals surface area contributed by atoms with Crippen molar-refractivity contribution in [3.8, 4) is 0 Å². The van der Waals surface area contributed by atoms with Crippen molar-refractivity contribution in [3.63, 3.8) is 0 Å². The number of hydrogen-bond acceptors (Lipinski definition) is 4. The molecule has 4 nitrogen and oxygen atoms in total. The second-order valence-electron chi connectivity index (χ2n) is 11.4. The molecule has 0 aliphatic carbocycles. The summed E-state index contributed by atoms with van der Waals surface area (Å²) in [5.74, 6) is -1.83. The molecule has 0 aromatic rings. The van der Waals surface area contributed by atoms with Crippen LogP contribution in [0.3, 0.4) is 0 Å². The van der Waals surface area contributed by atoms with Crippen LogP contribution in [0.4, 0.5) is 0 Å². The van der Waals surface area contributed by atoms with Crippen LogP contribution in [0.15, 0.2) is 24.3 Å². The normalized spacial score (nSPS) is 11.0. The first kappa shape index (κ1) is 44.7. The fraction of sp³-hybridized carbons (Fsp3) is 0.833. The summed E-state index contributed by atoms with van der Waals surface area (Å²) in [6, 6.07) is 0. The van der Waals surface area contributed by atoms with Crippen LogP contribution in [0.25, 0.3) is 0 Å². The van der Waals surface area contributed by atoms with Gasteiger partial charge in [-0.25, -0.2) is 0 Å². The summed E-state index contributed by atoms with van der Waals surface area (Å²) in [5, 5.41) is 20.4. The van der Waals surface area contributed by atoms with Crippen molar-refractivity contribution < 1.29 is 46.0 Å². The zero-order valence-corrected chi connectivity index (χ0v) is 29.7. The van der Waals surface area contributed by atoms with E-state index in [0.29, 0.717) is 0 Å². The van der Waals surface area contributed by atoms with Gasteiger partial charge in [-0.3, -0.25) is 0 Å². The smallest absolute Gasteiger partial charge is 0.550 e. The number of hydrogen-bond donors (Lipinski definition) is 0. The summed E-state index contributed by atoms with van der Waals surface area (Å²) in [6.45, 7) is 4.51. The van der Waals surface area contributed by atoms with Crippen molar-refractivity contribution in [2.24, 2.45) is 0 Å². The van der Waals surface area contributed by atoms with Gasteiger partial charge < -0.3 is 19.8 Å². The number of carboxylic acids is 2. The SMILES string of the molecule is CCCCCCCC/C=C/CCCCCCCC(=O)[O-].CCCCCCCC/C=C\CCCCCCCC(=O)[O-].[Zr+2]. The van der Waals surface area contributed by atoms with E-state index < -0.39 is 11.9 Å². The van der Waals surface area contributed by atoms with Gasteiger partial charge in [0.05, 0.1) is 0 Å². The number of allylic oxidation sites excluding steroid dienone is 4.